The van der Waals surface area contributed by atoms with E-state index in [1.54, 1.807) is 36.0 Å². The number of benzene rings is 5. The number of nitro groups is 1. The molecule has 5 aromatic carbocycles. The number of thioether (sulfide) groups is 1. The molecule has 2 aliphatic rings. The monoisotopic (exact) mass is 868 g/mol. The van der Waals surface area contributed by atoms with Crippen LogP contribution in [0.1, 0.15) is 32.7 Å². The molecule has 312 valence electrons. The number of fused-ring (bicyclic) bond motifs is 1. The predicted octanol–water partition coefficient (Wildman–Crippen LogP) is 7.42. The molecule has 1 atom stereocenters. The number of likely N-dealkylation sites (N-methyl/N-ethyl adjacent to an activating group) is 1. The number of piperazine rings is 1. The number of cyclic esters (lactones) is 1. The van der Waals surface area contributed by atoms with Crippen molar-refractivity contribution in [2.75, 3.05) is 68.9 Å². The molecule has 2 heterocycles. The summed E-state index contributed by atoms with van der Waals surface area (Å²) in [5.41, 5.74) is 3.38. The Labute approximate surface area is 358 Å². The minimum absolute atomic E-state index is 0.00888. The lowest BCUT2D eigenvalue weighted by Crippen LogP contribution is -2.46. The summed E-state index contributed by atoms with van der Waals surface area (Å²) in [5.74, 6) is -1.34. The van der Waals surface area contributed by atoms with Gasteiger partial charge in [-0.05, 0) is 91.3 Å². The average Bonchev–Trinajstić information content (AvgIpc) is 3.27. The lowest BCUT2D eigenvalue weighted by Gasteiger charge is -2.36. The Hall–Kier alpha value is -5.45. The maximum atomic E-state index is 13.7. The number of esters is 1. The lowest BCUT2D eigenvalue weighted by atomic mass is 9.99. The third-order valence-electron chi connectivity index (χ3n) is 10.6. The number of nitrogens with zero attached hydrogens (tertiary/aromatic N) is 4. The number of ether oxygens (including phenoxy) is 1. The quantitative estimate of drug-likeness (QED) is 0.0588. The fraction of sp³-hybridized carbons (Fsp3) is 0.273. The Morgan fingerprint density at radius 1 is 0.900 bits per heavy atom. The highest BCUT2D eigenvalue weighted by Gasteiger charge is 2.32. The number of halogens is 1. The highest BCUT2D eigenvalue weighted by molar-refractivity contribution is 7.99. The molecule has 1 amide bonds. The smallest absolute Gasteiger partial charge is 0.340 e. The summed E-state index contributed by atoms with van der Waals surface area (Å²) in [7, 11) is -2.81. The van der Waals surface area contributed by atoms with Crippen LogP contribution in [0.3, 0.4) is 0 Å². The Bertz CT molecular complexity index is 2430. The molecule has 16 heteroatoms. The summed E-state index contributed by atoms with van der Waals surface area (Å²) in [5, 5.41) is 16.4. The van der Waals surface area contributed by atoms with Crippen LogP contribution in [0.2, 0.25) is 5.02 Å². The van der Waals surface area contributed by atoms with Crippen LogP contribution >= 0.6 is 23.4 Å². The second-order valence-corrected chi connectivity index (χ2v) is 17.9. The van der Waals surface area contributed by atoms with E-state index in [9.17, 15) is 28.1 Å². The van der Waals surface area contributed by atoms with Crippen LogP contribution in [-0.4, -0.2) is 99.7 Å². The Morgan fingerprint density at radius 2 is 1.60 bits per heavy atom. The van der Waals surface area contributed by atoms with Gasteiger partial charge in [-0.15, -0.1) is 11.8 Å². The zero-order valence-electron chi connectivity index (χ0n) is 33.0. The molecule has 1 saturated heterocycles. The van der Waals surface area contributed by atoms with Crippen LogP contribution < -0.4 is 14.9 Å². The van der Waals surface area contributed by atoms with E-state index >= 15 is 0 Å². The van der Waals surface area contributed by atoms with Gasteiger partial charge in [-0.25, -0.2) is 17.9 Å². The molecule has 0 aliphatic carbocycles. The molecule has 7 rings (SSSR count). The predicted molar refractivity (Wildman–Crippen MR) is 236 cm³/mol. The minimum atomic E-state index is -4.69. The number of amides is 1. The molecule has 60 heavy (non-hydrogen) atoms. The van der Waals surface area contributed by atoms with Crippen molar-refractivity contribution in [1.29, 1.82) is 0 Å². The van der Waals surface area contributed by atoms with Gasteiger partial charge in [0, 0.05) is 78.3 Å². The van der Waals surface area contributed by atoms with Crippen LogP contribution in [-0.2, 0) is 21.3 Å². The number of rotatable bonds is 11. The molecule has 2 N–H and O–H groups in total. The fourth-order valence-corrected chi connectivity index (χ4v) is 9.36. The number of sulfonamides is 1. The van der Waals surface area contributed by atoms with Crippen LogP contribution in [0.4, 0.5) is 17.1 Å². The first-order chi connectivity index (χ1) is 28.9. The largest absolute Gasteiger partial charge is 0.461 e. The summed E-state index contributed by atoms with van der Waals surface area (Å²) in [6.07, 6.45) is 0.576. The summed E-state index contributed by atoms with van der Waals surface area (Å²) in [6, 6.07) is 34.0. The van der Waals surface area contributed by atoms with Crippen molar-refractivity contribution in [1.82, 2.24) is 14.5 Å². The van der Waals surface area contributed by atoms with Crippen LogP contribution in [0.5, 0.6) is 0 Å². The molecule has 0 unspecified atom stereocenters. The van der Waals surface area contributed by atoms with Crippen molar-refractivity contribution in [3.8, 4) is 11.1 Å². The lowest BCUT2D eigenvalue weighted by molar-refractivity contribution is -0.384. The van der Waals surface area contributed by atoms with Gasteiger partial charge in [-0.3, -0.25) is 19.8 Å². The van der Waals surface area contributed by atoms with E-state index in [0.717, 1.165) is 61.0 Å². The molecular formula is C44H45ClN6O7S2. The Kier molecular flexibility index (Phi) is 13.7. The van der Waals surface area contributed by atoms with Gasteiger partial charge in [-0.1, -0.05) is 66.2 Å². The van der Waals surface area contributed by atoms with Crippen LogP contribution in [0, 0.1) is 10.1 Å². The second kappa shape index (κ2) is 19.3. The topological polar surface area (TPSA) is 154 Å². The molecule has 2 aliphatic heterocycles. The van der Waals surface area contributed by atoms with Crippen LogP contribution in [0.25, 0.3) is 11.1 Å². The third kappa shape index (κ3) is 10.6. The molecule has 1 fully saturated rings. The minimum Gasteiger partial charge on any atom is -0.461 e. The van der Waals surface area contributed by atoms with Crippen molar-refractivity contribution in [2.24, 2.45) is 0 Å². The molecule has 0 radical (unpaired) electrons. The van der Waals surface area contributed by atoms with Gasteiger partial charge in [0.15, 0.2) is 0 Å². The van der Waals surface area contributed by atoms with Gasteiger partial charge in [0.2, 0.25) is 0 Å². The van der Waals surface area contributed by atoms with E-state index in [-0.39, 0.29) is 29.5 Å². The molecule has 0 bridgehead atoms. The standard InChI is InChI=1S/C44H45ClN6O7S2/c1-48-20-19-35(30-59-37-8-3-2-4-9-37)46-42-40(44(53)58-26-25-48)27-38(28-41(42)51(54)55)60(56,57)47-43(52)32-13-17-36(18-14-32)50-23-21-49(22-24-50)29-33-7-5-6-10-39(33)31-11-15-34(45)16-12-31/h2-18,27-28,35,46H,19-26,29-30H2,1H3,(H,47,52)/t35-/m1/s1. The number of nitrogens with one attached hydrogen (secondary N) is 2. The maximum absolute atomic E-state index is 13.7. The molecule has 5 aromatic rings. The molecular weight excluding hydrogens is 824 g/mol. The van der Waals surface area contributed by atoms with Crippen molar-refractivity contribution in [3.05, 3.63) is 147 Å². The number of anilines is 2. The maximum Gasteiger partial charge on any atom is 0.340 e. The van der Waals surface area contributed by atoms with E-state index < -0.39 is 37.4 Å². The first-order valence-electron chi connectivity index (χ1n) is 19.5. The first-order valence-corrected chi connectivity index (χ1v) is 22.4. The zero-order valence-corrected chi connectivity index (χ0v) is 35.3. The highest BCUT2D eigenvalue weighted by Crippen LogP contribution is 2.35. The summed E-state index contributed by atoms with van der Waals surface area (Å²) >= 11 is 7.68. The number of carbonyl (C=O) groups is 2. The summed E-state index contributed by atoms with van der Waals surface area (Å²) < 4.78 is 34.9. The average molecular weight is 869 g/mol. The highest BCUT2D eigenvalue weighted by atomic mass is 35.5. The number of carbonyl (C=O) groups excluding carboxylic acids is 2. The summed E-state index contributed by atoms with van der Waals surface area (Å²) in [6.45, 7) is 4.94. The fourth-order valence-electron chi connectivity index (χ4n) is 7.23. The third-order valence-corrected chi connectivity index (χ3v) is 13.3. The molecule has 13 nitrogen and oxygen atoms in total. The number of hydrogen-bond donors (Lipinski definition) is 2. The van der Waals surface area contributed by atoms with Gasteiger partial charge < -0.3 is 19.9 Å². The first kappa shape index (κ1) is 42.7. The van der Waals surface area contributed by atoms with Crippen molar-refractivity contribution < 1.29 is 27.7 Å². The molecule has 0 saturated carbocycles. The number of nitro benzene ring substituents is 1. The Morgan fingerprint density at radius 3 is 2.32 bits per heavy atom. The Balaban J connectivity index is 1.03. The van der Waals surface area contributed by atoms with Crippen molar-refractivity contribution >= 4 is 62.3 Å². The van der Waals surface area contributed by atoms with Gasteiger partial charge >= 0.3 is 5.97 Å². The molecule has 0 spiro atoms. The second-order valence-electron chi connectivity index (χ2n) is 14.7. The summed E-state index contributed by atoms with van der Waals surface area (Å²) in [4.78, 5) is 45.6. The van der Waals surface area contributed by atoms with Gasteiger partial charge in [0.25, 0.3) is 21.6 Å². The number of hydrogen-bond acceptors (Lipinski definition) is 12. The van der Waals surface area contributed by atoms with Gasteiger partial charge in [0.05, 0.1) is 15.4 Å². The molecule has 0 aromatic heterocycles. The van der Waals surface area contributed by atoms with Gasteiger partial charge in [0.1, 0.15) is 12.3 Å². The van der Waals surface area contributed by atoms with E-state index in [2.05, 4.69) is 27.2 Å². The zero-order chi connectivity index (χ0) is 42.2. The van der Waals surface area contributed by atoms with Crippen molar-refractivity contribution in [2.45, 2.75) is 28.8 Å². The van der Waals surface area contributed by atoms with E-state index in [4.69, 9.17) is 16.3 Å². The van der Waals surface area contributed by atoms with Crippen molar-refractivity contribution in [3.63, 3.8) is 0 Å². The van der Waals surface area contributed by atoms with Crippen LogP contribution in [0.15, 0.2) is 125 Å². The normalized spacial score (nSPS) is 16.8. The van der Waals surface area contributed by atoms with E-state index in [0.29, 0.717) is 30.3 Å². The van der Waals surface area contributed by atoms with Gasteiger partial charge in [-0.2, -0.15) is 0 Å². The van der Waals surface area contributed by atoms with E-state index in [1.807, 2.05) is 83.4 Å². The van der Waals surface area contributed by atoms with E-state index in [1.165, 1.54) is 11.1 Å². The SMILES string of the molecule is CN1CCOC(=O)c2cc(S(=O)(=O)NC(=O)c3ccc(N4CCN(Cc5ccccc5-c5ccc(Cl)cc5)CC4)cc3)cc([N+](=O)[O-])c2N[C@@H](CSc2ccccc2)CC1.